The van der Waals surface area contributed by atoms with Gasteiger partial charge in [0, 0.05) is 0 Å². The van der Waals surface area contributed by atoms with E-state index >= 15 is 0 Å². The monoisotopic (exact) mass is 246 g/mol. The average molecular weight is 246 g/mol. The molecule has 0 aromatic carbocycles. The summed E-state index contributed by atoms with van der Waals surface area (Å²) in [6.07, 6.45) is 3.23. The standard InChI is InChI=1S/C12H10N2O4/c15-8-10-3-1-2-9(13-10)4-5-11-6-7-12(18-11)14(16)17/h1-7,15H,8H2. The Labute approximate surface area is 102 Å². The maximum atomic E-state index is 10.4. The Hall–Kier alpha value is -2.47. The number of aliphatic hydroxyl groups excluding tert-OH is 1. The lowest BCUT2D eigenvalue weighted by Gasteiger charge is -1.96. The number of hydrogen-bond acceptors (Lipinski definition) is 5. The van der Waals surface area contributed by atoms with E-state index in [0.717, 1.165) is 0 Å². The van der Waals surface area contributed by atoms with Crippen LogP contribution in [0.1, 0.15) is 17.1 Å². The Balaban J connectivity index is 2.16. The quantitative estimate of drug-likeness (QED) is 0.660. The van der Waals surface area contributed by atoms with E-state index in [4.69, 9.17) is 9.52 Å². The predicted molar refractivity (Wildman–Crippen MR) is 64.5 cm³/mol. The van der Waals surface area contributed by atoms with Gasteiger partial charge in [0.1, 0.15) is 10.7 Å². The fraction of sp³-hybridized carbons (Fsp3) is 0.0833. The second-order valence-electron chi connectivity index (χ2n) is 3.48. The van der Waals surface area contributed by atoms with Gasteiger partial charge in [-0.1, -0.05) is 6.07 Å². The molecular formula is C12H10N2O4. The van der Waals surface area contributed by atoms with Crippen molar-refractivity contribution in [3.8, 4) is 0 Å². The summed E-state index contributed by atoms with van der Waals surface area (Å²) in [5.74, 6) is 0.0737. The minimum atomic E-state index is -0.595. The Bertz CT molecular complexity index is 589. The second kappa shape index (κ2) is 5.24. The molecule has 18 heavy (non-hydrogen) atoms. The molecule has 92 valence electrons. The highest BCUT2D eigenvalue weighted by Gasteiger charge is 2.09. The molecule has 0 aliphatic rings. The van der Waals surface area contributed by atoms with Gasteiger partial charge in [-0.05, 0) is 30.4 Å². The lowest BCUT2D eigenvalue weighted by molar-refractivity contribution is -0.402. The molecule has 0 spiro atoms. The molecular weight excluding hydrogens is 236 g/mol. The van der Waals surface area contributed by atoms with Gasteiger partial charge in [0.15, 0.2) is 0 Å². The van der Waals surface area contributed by atoms with E-state index in [9.17, 15) is 10.1 Å². The van der Waals surface area contributed by atoms with Crippen LogP contribution < -0.4 is 0 Å². The molecule has 0 saturated carbocycles. The van der Waals surface area contributed by atoms with E-state index in [1.54, 1.807) is 30.4 Å². The van der Waals surface area contributed by atoms with Crippen molar-refractivity contribution in [3.63, 3.8) is 0 Å². The Morgan fingerprint density at radius 1 is 1.33 bits per heavy atom. The van der Waals surface area contributed by atoms with Gasteiger partial charge in [0.2, 0.25) is 0 Å². The smallest absolute Gasteiger partial charge is 0.401 e. The first-order valence-corrected chi connectivity index (χ1v) is 5.18. The van der Waals surface area contributed by atoms with Gasteiger partial charge in [0.25, 0.3) is 0 Å². The summed E-state index contributed by atoms with van der Waals surface area (Å²) >= 11 is 0. The van der Waals surface area contributed by atoms with Crippen molar-refractivity contribution >= 4 is 18.0 Å². The number of nitro groups is 1. The first-order valence-electron chi connectivity index (χ1n) is 5.18. The van der Waals surface area contributed by atoms with Crippen LogP contribution in [0.3, 0.4) is 0 Å². The topological polar surface area (TPSA) is 89.4 Å². The van der Waals surface area contributed by atoms with Crippen molar-refractivity contribution in [1.82, 2.24) is 4.98 Å². The molecule has 2 heterocycles. The molecule has 0 aliphatic carbocycles. The van der Waals surface area contributed by atoms with Gasteiger partial charge >= 0.3 is 5.88 Å². The maximum Gasteiger partial charge on any atom is 0.433 e. The Morgan fingerprint density at radius 3 is 2.83 bits per heavy atom. The van der Waals surface area contributed by atoms with Crippen LogP contribution in [0.25, 0.3) is 12.2 Å². The number of pyridine rings is 1. The van der Waals surface area contributed by atoms with Crippen LogP contribution in [-0.2, 0) is 6.61 Å². The molecule has 0 aliphatic heterocycles. The molecule has 0 bridgehead atoms. The van der Waals surface area contributed by atoms with E-state index in [1.807, 2.05) is 0 Å². The summed E-state index contributed by atoms with van der Waals surface area (Å²) in [6, 6.07) is 8.02. The van der Waals surface area contributed by atoms with Crippen molar-refractivity contribution in [1.29, 1.82) is 0 Å². The number of furan rings is 1. The molecule has 2 aromatic heterocycles. The van der Waals surface area contributed by atoms with Gasteiger partial charge in [0.05, 0.1) is 24.1 Å². The zero-order valence-electron chi connectivity index (χ0n) is 9.31. The minimum Gasteiger partial charge on any atom is -0.401 e. The molecule has 0 unspecified atom stereocenters. The van der Waals surface area contributed by atoms with Gasteiger partial charge in [-0.25, -0.2) is 0 Å². The number of nitrogens with zero attached hydrogens (tertiary/aromatic N) is 2. The normalized spacial score (nSPS) is 10.9. The van der Waals surface area contributed by atoms with Gasteiger partial charge in [-0.3, -0.25) is 15.1 Å². The van der Waals surface area contributed by atoms with Crippen LogP contribution in [0.15, 0.2) is 34.7 Å². The molecule has 0 atom stereocenters. The first-order chi connectivity index (χ1) is 8.69. The summed E-state index contributed by atoms with van der Waals surface area (Å²) in [5, 5.41) is 19.4. The number of rotatable bonds is 4. The SMILES string of the molecule is O=[N+]([O-])c1ccc(C=Cc2cccc(CO)n2)o1. The fourth-order valence-corrected chi connectivity index (χ4v) is 1.38. The molecule has 0 amide bonds. The van der Waals surface area contributed by atoms with Crippen LogP contribution >= 0.6 is 0 Å². The number of aliphatic hydroxyl groups is 1. The largest absolute Gasteiger partial charge is 0.433 e. The van der Waals surface area contributed by atoms with Crippen molar-refractivity contribution in [3.05, 3.63) is 57.6 Å². The van der Waals surface area contributed by atoms with Crippen LogP contribution in [0.5, 0.6) is 0 Å². The van der Waals surface area contributed by atoms with E-state index in [0.29, 0.717) is 17.1 Å². The predicted octanol–water partition coefficient (Wildman–Crippen LogP) is 2.25. The summed E-state index contributed by atoms with van der Waals surface area (Å²) in [4.78, 5) is 14.0. The van der Waals surface area contributed by atoms with Crippen LogP contribution in [0.4, 0.5) is 5.88 Å². The second-order valence-corrected chi connectivity index (χ2v) is 3.48. The van der Waals surface area contributed by atoms with Crippen molar-refractivity contribution < 1.29 is 14.4 Å². The summed E-state index contributed by atoms with van der Waals surface area (Å²) in [7, 11) is 0. The highest BCUT2D eigenvalue weighted by atomic mass is 16.6. The molecule has 6 heteroatoms. The van der Waals surface area contributed by atoms with Gasteiger partial charge < -0.3 is 9.52 Å². The van der Waals surface area contributed by atoms with Crippen molar-refractivity contribution in [2.45, 2.75) is 6.61 Å². The maximum absolute atomic E-state index is 10.4. The molecule has 6 nitrogen and oxygen atoms in total. The minimum absolute atomic E-state index is 0.131. The van der Waals surface area contributed by atoms with E-state index in [2.05, 4.69) is 4.98 Å². The number of aromatic nitrogens is 1. The third kappa shape index (κ3) is 2.80. The third-order valence-electron chi connectivity index (χ3n) is 2.20. The van der Waals surface area contributed by atoms with Gasteiger partial charge in [-0.15, -0.1) is 0 Å². The lowest BCUT2D eigenvalue weighted by atomic mass is 10.2. The van der Waals surface area contributed by atoms with E-state index in [-0.39, 0.29) is 12.5 Å². The fourth-order valence-electron chi connectivity index (χ4n) is 1.38. The van der Waals surface area contributed by atoms with Crippen LogP contribution in [-0.4, -0.2) is 15.0 Å². The lowest BCUT2D eigenvalue weighted by Crippen LogP contribution is -1.89. The zero-order chi connectivity index (χ0) is 13.0. The van der Waals surface area contributed by atoms with Crippen LogP contribution in [0, 0.1) is 10.1 Å². The molecule has 1 N–H and O–H groups in total. The summed E-state index contributed by atoms with van der Waals surface area (Å²) in [5.41, 5.74) is 1.20. The van der Waals surface area contributed by atoms with Crippen molar-refractivity contribution in [2.75, 3.05) is 0 Å². The van der Waals surface area contributed by atoms with Crippen LogP contribution in [0.2, 0.25) is 0 Å². The summed E-state index contributed by atoms with van der Waals surface area (Å²) in [6.45, 7) is -0.131. The highest BCUT2D eigenvalue weighted by molar-refractivity contribution is 5.65. The molecule has 0 fully saturated rings. The van der Waals surface area contributed by atoms with Gasteiger partial charge in [-0.2, -0.15) is 0 Å². The molecule has 0 radical (unpaired) electrons. The zero-order valence-corrected chi connectivity index (χ0v) is 9.31. The van der Waals surface area contributed by atoms with Crippen molar-refractivity contribution in [2.24, 2.45) is 0 Å². The summed E-state index contributed by atoms with van der Waals surface area (Å²) < 4.78 is 4.96. The number of hydrogen-bond donors (Lipinski definition) is 1. The molecule has 2 aromatic rings. The Kier molecular flexibility index (Phi) is 3.49. The van der Waals surface area contributed by atoms with E-state index in [1.165, 1.54) is 12.1 Å². The Morgan fingerprint density at radius 2 is 2.17 bits per heavy atom. The van der Waals surface area contributed by atoms with E-state index < -0.39 is 4.92 Å². The first kappa shape index (κ1) is 12.0. The molecule has 2 rings (SSSR count). The highest BCUT2D eigenvalue weighted by Crippen LogP contribution is 2.17. The third-order valence-corrected chi connectivity index (χ3v) is 2.20. The average Bonchev–Trinajstić information content (AvgIpc) is 2.85. The molecule has 0 saturated heterocycles.